The SMILES string of the molecule is CCc1cc(CC)n(Cc2ccc(C#N)cc2C)n1. The lowest BCUT2D eigenvalue weighted by molar-refractivity contribution is 0.638. The third-order valence-electron chi connectivity index (χ3n) is 3.43. The highest BCUT2D eigenvalue weighted by Crippen LogP contribution is 2.14. The van der Waals surface area contributed by atoms with E-state index in [1.165, 1.54) is 11.3 Å². The van der Waals surface area contributed by atoms with Crippen molar-refractivity contribution in [1.29, 1.82) is 5.26 Å². The van der Waals surface area contributed by atoms with E-state index in [0.29, 0.717) is 5.56 Å². The summed E-state index contributed by atoms with van der Waals surface area (Å²) >= 11 is 0. The molecular formula is C16H19N3. The summed E-state index contributed by atoms with van der Waals surface area (Å²) in [7, 11) is 0. The van der Waals surface area contributed by atoms with Crippen LogP contribution < -0.4 is 0 Å². The van der Waals surface area contributed by atoms with Crippen molar-refractivity contribution in [2.24, 2.45) is 0 Å². The van der Waals surface area contributed by atoms with Crippen LogP contribution in [-0.4, -0.2) is 9.78 Å². The van der Waals surface area contributed by atoms with Crippen LogP contribution in [0.2, 0.25) is 0 Å². The highest BCUT2D eigenvalue weighted by molar-refractivity contribution is 5.37. The zero-order valence-corrected chi connectivity index (χ0v) is 11.8. The molecule has 0 N–H and O–H groups in total. The van der Waals surface area contributed by atoms with Crippen molar-refractivity contribution >= 4 is 0 Å². The topological polar surface area (TPSA) is 41.6 Å². The molecule has 0 aliphatic heterocycles. The first kappa shape index (κ1) is 13.4. The number of aryl methyl sites for hydroxylation is 3. The van der Waals surface area contributed by atoms with E-state index in [4.69, 9.17) is 5.26 Å². The summed E-state index contributed by atoms with van der Waals surface area (Å²) in [5.41, 5.74) is 5.49. The molecule has 1 heterocycles. The van der Waals surface area contributed by atoms with Crippen LogP contribution in [0, 0.1) is 18.3 Å². The first-order valence-corrected chi connectivity index (χ1v) is 6.73. The number of nitrogens with zero attached hydrogens (tertiary/aromatic N) is 3. The molecule has 2 aromatic rings. The maximum Gasteiger partial charge on any atom is 0.0991 e. The molecule has 0 spiro atoms. The lowest BCUT2D eigenvalue weighted by atomic mass is 10.1. The molecule has 0 amide bonds. The van der Waals surface area contributed by atoms with E-state index in [1.807, 2.05) is 25.1 Å². The van der Waals surface area contributed by atoms with Gasteiger partial charge in [-0.1, -0.05) is 19.9 Å². The second-order valence-electron chi connectivity index (χ2n) is 4.74. The molecular weight excluding hydrogens is 234 g/mol. The van der Waals surface area contributed by atoms with E-state index < -0.39 is 0 Å². The predicted octanol–water partition coefficient (Wildman–Crippen LogP) is 3.24. The summed E-state index contributed by atoms with van der Waals surface area (Å²) in [5, 5.41) is 13.5. The van der Waals surface area contributed by atoms with Gasteiger partial charge in [-0.25, -0.2) is 0 Å². The van der Waals surface area contributed by atoms with E-state index in [2.05, 4.69) is 35.8 Å². The molecule has 3 nitrogen and oxygen atoms in total. The zero-order valence-electron chi connectivity index (χ0n) is 11.8. The van der Waals surface area contributed by atoms with Crippen LogP contribution in [0.3, 0.4) is 0 Å². The predicted molar refractivity (Wildman–Crippen MR) is 76.0 cm³/mol. The van der Waals surface area contributed by atoms with Crippen molar-refractivity contribution in [1.82, 2.24) is 9.78 Å². The van der Waals surface area contributed by atoms with Gasteiger partial charge in [0.1, 0.15) is 0 Å². The van der Waals surface area contributed by atoms with Crippen LogP contribution >= 0.6 is 0 Å². The van der Waals surface area contributed by atoms with Gasteiger partial charge in [-0.2, -0.15) is 10.4 Å². The third-order valence-corrected chi connectivity index (χ3v) is 3.43. The highest BCUT2D eigenvalue weighted by atomic mass is 15.3. The second kappa shape index (κ2) is 5.71. The Morgan fingerprint density at radius 2 is 2.00 bits per heavy atom. The Morgan fingerprint density at radius 1 is 1.21 bits per heavy atom. The smallest absolute Gasteiger partial charge is 0.0991 e. The number of hydrogen-bond donors (Lipinski definition) is 0. The normalized spacial score (nSPS) is 10.4. The van der Waals surface area contributed by atoms with Gasteiger partial charge in [-0.15, -0.1) is 0 Å². The molecule has 2 rings (SSSR count). The first-order valence-electron chi connectivity index (χ1n) is 6.73. The average Bonchev–Trinajstić information content (AvgIpc) is 2.83. The molecule has 1 aromatic carbocycles. The van der Waals surface area contributed by atoms with Gasteiger partial charge in [0.15, 0.2) is 0 Å². The van der Waals surface area contributed by atoms with Crippen molar-refractivity contribution in [3.63, 3.8) is 0 Å². The lowest BCUT2D eigenvalue weighted by Crippen LogP contribution is -2.07. The Hall–Kier alpha value is -2.08. The Labute approximate surface area is 114 Å². The number of benzene rings is 1. The molecule has 0 aliphatic carbocycles. The summed E-state index contributed by atoms with van der Waals surface area (Å²) in [4.78, 5) is 0. The van der Waals surface area contributed by atoms with E-state index in [-0.39, 0.29) is 0 Å². The number of rotatable bonds is 4. The van der Waals surface area contributed by atoms with Crippen LogP contribution in [0.5, 0.6) is 0 Å². The Morgan fingerprint density at radius 3 is 2.58 bits per heavy atom. The molecule has 0 saturated carbocycles. The molecule has 0 aliphatic rings. The van der Waals surface area contributed by atoms with Crippen molar-refractivity contribution in [3.05, 3.63) is 52.3 Å². The van der Waals surface area contributed by atoms with Gasteiger partial charge in [0.25, 0.3) is 0 Å². The minimum Gasteiger partial charge on any atom is -0.265 e. The molecule has 98 valence electrons. The van der Waals surface area contributed by atoms with Crippen LogP contribution in [-0.2, 0) is 19.4 Å². The summed E-state index contributed by atoms with van der Waals surface area (Å²) in [6.45, 7) is 7.10. The fourth-order valence-corrected chi connectivity index (χ4v) is 2.21. The summed E-state index contributed by atoms with van der Waals surface area (Å²) in [6.07, 6.45) is 1.95. The molecule has 0 bridgehead atoms. The second-order valence-corrected chi connectivity index (χ2v) is 4.74. The van der Waals surface area contributed by atoms with E-state index in [9.17, 15) is 0 Å². The molecule has 0 saturated heterocycles. The summed E-state index contributed by atoms with van der Waals surface area (Å²) < 4.78 is 2.08. The number of aromatic nitrogens is 2. The maximum atomic E-state index is 8.89. The average molecular weight is 253 g/mol. The first-order chi connectivity index (χ1) is 9.17. The van der Waals surface area contributed by atoms with Gasteiger partial charge >= 0.3 is 0 Å². The Kier molecular flexibility index (Phi) is 4.01. The molecule has 0 unspecified atom stereocenters. The van der Waals surface area contributed by atoms with Crippen LogP contribution in [0.1, 0.15) is 41.9 Å². The van der Waals surface area contributed by atoms with Gasteiger partial charge in [-0.05, 0) is 49.1 Å². The standard InChI is InChI=1S/C16H19N3/c1-4-15-9-16(5-2)19(18-15)11-14-7-6-13(10-17)8-12(14)3/h6-9H,4-5,11H2,1-3H3. The van der Waals surface area contributed by atoms with E-state index in [0.717, 1.165) is 30.6 Å². The Bertz CT molecular complexity index is 617. The maximum absolute atomic E-state index is 8.89. The van der Waals surface area contributed by atoms with Crippen LogP contribution in [0.15, 0.2) is 24.3 Å². The van der Waals surface area contributed by atoms with Crippen LogP contribution in [0.25, 0.3) is 0 Å². The van der Waals surface area contributed by atoms with E-state index >= 15 is 0 Å². The quantitative estimate of drug-likeness (QED) is 0.839. The van der Waals surface area contributed by atoms with E-state index in [1.54, 1.807) is 0 Å². The van der Waals surface area contributed by atoms with Gasteiger partial charge in [0.2, 0.25) is 0 Å². The minimum absolute atomic E-state index is 0.715. The monoisotopic (exact) mass is 253 g/mol. The summed E-state index contributed by atoms with van der Waals surface area (Å²) in [6, 6.07) is 10.2. The number of nitriles is 1. The van der Waals surface area contributed by atoms with Crippen molar-refractivity contribution in [2.75, 3.05) is 0 Å². The largest absolute Gasteiger partial charge is 0.265 e. The van der Waals surface area contributed by atoms with Crippen molar-refractivity contribution in [3.8, 4) is 6.07 Å². The van der Waals surface area contributed by atoms with Crippen LogP contribution in [0.4, 0.5) is 0 Å². The van der Waals surface area contributed by atoms with Gasteiger partial charge in [-0.3, -0.25) is 4.68 Å². The molecule has 0 radical (unpaired) electrons. The molecule has 0 fully saturated rings. The minimum atomic E-state index is 0.715. The van der Waals surface area contributed by atoms with Gasteiger partial charge in [0, 0.05) is 5.69 Å². The molecule has 3 heteroatoms. The fourth-order valence-electron chi connectivity index (χ4n) is 2.21. The molecule has 0 atom stereocenters. The fraction of sp³-hybridized carbons (Fsp3) is 0.375. The van der Waals surface area contributed by atoms with Crippen molar-refractivity contribution < 1.29 is 0 Å². The molecule has 1 aromatic heterocycles. The lowest BCUT2D eigenvalue weighted by Gasteiger charge is -2.09. The number of hydrogen-bond acceptors (Lipinski definition) is 2. The Balaban J connectivity index is 2.31. The zero-order chi connectivity index (χ0) is 13.8. The summed E-state index contributed by atoms with van der Waals surface area (Å²) in [5.74, 6) is 0. The van der Waals surface area contributed by atoms with Gasteiger partial charge in [0.05, 0.1) is 23.9 Å². The third kappa shape index (κ3) is 2.85. The van der Waals surface area contributed by atoms with Gasteiger partial charge < -0.3 is 0 Å². The molecule has 19 heavy (non-hydrogen) atoms. The highest BCUT2D eigenvalue weighted by Gasteiger charge is 2.07. The van der Waals surface area contributed by atoms with Crippen molar-refractivity contribution in [2.45, 2.75) is 40.2 Å².